The van der Waals surface area contributed by atoms with Crippen LogP contribution in [0.2, 0.25) is 0 Å². The van der Waals surface area contributed by atoms with Gasteiger partial charge in [0.05, 0.1) is 18.8 Å². The van der Waals surface area contributed by atoms with Gasteiger partial charge in [0.2, 0.25) is 0 Å². The van der Waals surface area contributed by atoms with Crippen LogP contribution >= 0.6 is 0 Å². The van der Waals surface area contributed by atoms with Gasteiger partial charge in [0.1, 0.15) is 5.75 Å². The fourth-order valence-corrected chi connectivity index (χ4v) is 4.00. The van der Waals surface area contributed by atoms with E-state index >= 15 is 0 Å². The van der Waals surface area contributed by atoms with Gasteiger partial charge in [-0.1, -0.05) is 12.1 Å². The highest BCUT2D eigenvalue weighted by Gasteiger charge is 2.27. The van der Waals surface area contributed by atoms with Crippen molar-refractivity contribution in [1.82, 2.24) is 24.9 Å². The average molecular weight is 369 g/mol. The summed E-state index contributed by atoms with van der Waals surface area (Å²) in [6, 6.07) is 10.4. The first-order valence-electron chi connectivity index (χ1n) is 9.63. The van der Waals surface area contributed by atoms with Crippen molar-refractivity contribution in [3.63, 3.8) is 0 Å². The third-order valence-corrected chi connectivity index (χ3v) is 5.38. The Labute approximate surface area is 159 Å². The van der Waals surface area contributed by atoms with Crippen molar-refractivity contribution in [1.29, 1.82) is 0 Å². The fraction of sp³-hybridized carbons (Fsp3) is 0.500. The molecule has 1 N–H and O–H groups in total. The minimum absolute atomic E-state index is 0.0473. The third kappa shape index (κ3) is 4.08. The number of hydrogen-bond acceptors (Lipinski definition) is 4. The second-order valence-corrected chi connectivity index (χ2v) is 7.32. The number of aromatic nitrogens is 2. The largest absolute Gasteiger partial charge is 0.497 e. The lowest BCUT2D eigenvalue weighted by Crippen LogP contribution is -2.45. The molecule has 2 amide bonds. The molecule has 0 aliphatic carbocycles. The number of urea groups is 1. The summed E-state index contributed by atoms with van der Waals surface area (Å²) in [6.07, 6.45) is 4.06. The SMILES string of the molecule is COc1cccc(CN2Cc3ccnn3[C@@H](CNC(=O)N3CCCC3)C2)c1. The number of carbonyl (C=O) groups excluding carboxylic acids is 1. The molecule has 144 valence electrons. The van der Waals surface area contributed by atoms with Crippen LogP contribution in [-0.2, 0) is 13.1 Å². The van der Waals surface area contributed by atoms with Crippen LogP contribution in [0.15, 0.2) is 36.5 Å². The van der Waals surface area contributed by atoms with Gasteiger partial charge < -0.3 is 15.0 Å². The lowest BCUT2D eigenvalue weighted by atomic mass is 10.1. The van der Waals surface area contributed by atoms with E-state index in [1.165, 1.54) is 11.3 Å². The second-order valence-electron chi connectivity index (χ2n) is 7.32. The van der Waals surface area contributed by atoms with Gasteiger partial charge in [0.25, 0.3) is 0 Å². The Balaban J connectivity index is 1.41. The number of carbonyl (C=O) groups is 1. The minimum Gasteiger partial charge on any atom is -0.497 e. The number of nitrogens with one attached hydrogen (secondary N) is 1. The molecule has 0 unspecified atom stereocenters. The summed E-state index contributed by atoms with van der Waals surface area (Å²) >= 11 is 0. The molecule has 1 atom stereocenters. The van der Waals surface area contributed by atoms with Crippen molar-refractivity contribution in [2.75, 3.05) is 33.3 Å². The predicted octanol–water partition coefficient (Wildman–Crippen LogP) is 2.25. The molecule has 0 radical (unpaired) electrons. The van der Waals surface area contributed by atoms with E-state index in [0.29, 0.717) is 6.54 Å². The van der Waals surface area contributed by atoms with Gasteiger partial charge in [-0.3, -0.25) is 9.58 Å². The summed E-state index contributed by atoms with van der Waals surface area (Å²) < 4.78 is 7.40. The van der Waals surface area contributed by atoms with Gasteiger partial charge >= 0.3 is 6.03 Å². The molecule has 2 aromatic rings. The number of nitrogens with zero attached hydrogens (tertiary/aromatic N) is 4. The number of likely N-dealkylation sites (tertiary alicyclic amines) is 1. The van der Waals surface area contributed by atoms with Gasteiger partial charge in [-0.15, -0.1) is 0 Å². The first kappa shape index (κ1) is 17.9. The van der Waals surface area contributed by atoms with E-state index in [-0.39, 0.29) is 12.1 Å². The molecule has 7 heteroatoms. The number of amides is 2. The Bertz CT molecular complexity index is 784. The van der Waals surface area contributed by atoms with Gasteiger partial charge in [-0.2, -0.15) is 5.10 Å². The van der Waals surface area contributed by atoms with Crippen molar-refractivity contribution in [3.8, 4) is 5.75 Å². The van der Waals surface area contributed by atoms with Crippen LogP contribution < -0.4 is 10.1 Å². The number of fused-ring (bicyclic) bond motifs is 1. The van der Waals surface area contributed by atoms with E-state index in [1.807, 2.05) is 23.2 Å². The summed E-state index contributed by atoms with van der Waals surface area (Å²) in [6.45, 7) is 4.88. The highest BCUT2D eigenvalue weighted by molar-refractivity contribution is 5.74. The Morgan fingerprint density at radius 3 is 2.96 bits per heavy atom. The number of methoxy groups -OCH3 is 1. The van der Waals surface area contributed by atoms with Gasteiger partial charge in [-0.25, -0.2) is 4.79 Å². The fourth-order valence-electron chi connectivity index (χ4n) is 4.00. The Hall–Kier alpha value is -2.54. The van der Waals surface area contributed by atoms with Crippen molar-refractivity contribution in [2.24, 2.45) is 0 Å². The minimum atomic E-state index is 0.0473. The summed E-state index contributed by atoms with van der Waals surface area (Å²) in [4.78, 5) is 16.6. The highest BCUT2D eigenvalue weighted by Crippen LogP contribution is 2.23. The van der Waals surface area contributed by atoms with Gasteiger partial charge in [0, 0.05) is 45.5 Å². The predicted molar refractivity (Wildman–Crippen MR) is 103 cm³/mol. The quantitative estimate of drug-likeness (QED) is 0.878. The van der Waals surface area contributed by atoms with Crippen LogP contribution in [0.5, 0.6) is 5.75 Å². The zero-order chi connectivity index (χ0) is 18.6. The smallest absolute Gasteiger partial charge is 0.317 e. The summed E-state index contributed by atoms with van der Waals surface area (Å²) in [5.74, 6) is 0.879. The molecule has 1 fully saturated rings. The van der Waals surface area contributed by atoms with E-state index in [4.69, 9.17) is 4.74 Å². The van der Waals surface area contributed by atoms with Gasteiger partial charge in [0.15, 0.2) is 0 Å². The molecule has 0 spiro atoms. The monoisotopic (exact) mass is 369 g/mol. The molecule has 3 heterocycles. The first-order chi connectivity index (χ1) is 13.2. The maximum Gasteiger partial charge on any atom is 0.317 e. The molecule has 0 bridgehead atoms. The Morgan fingerprint density at radius 2 is 2.15 bits per heavy atom. The molecule has 4 rings (SSSR count). The molecular formula is C20H27N5O2. The molecule has 1 aromatic heterocycles. The molecule has 1 saturated heterocycles. The summed E-state index contributed by atoms with van der Waals surface area (Å²) in [5.41, 5.74) is 2.41. The number of rotatable bonds is 5. The molecule has 0 saturated carbocycles. The van der Waals surface area contributed by atoms with E-state index in [2.05, 4.69) is 38.2 Å². The van der Waals surface area contributed by atoms with E-state index in [1.54, 1.807) is 7.11 Å². The maximum atomic E-state index is 12.3. The van der Waals surface area contributed by atoms with Crippen molar-refractivity contribution < 1.29 is 9.53 Å². The third-order valence-electron chi connectivity index (χ3n) is 5.38. The molecular weight excluding hydrogens is 342 g/mol. The Kier molecular flexibility index (Phi) is 5.29. The lowest BCUT2D eigenvalue weighted by molar-refractivity contribution is 0.161. The number of benzene rings is 1. The number of hydrogen-bond donors (Lipinski definition) is 1. The van der Waals surface area contributed by atoms with Crippen LogP contribution in [0.25, 0.3) is 0 Å². The second kappa shape index (κ2) is 8.00. The normalized spacial score (nSPS) is 19.7. The summed E-state index contributed by atoms with van der Waals surface area (Å²) in [5, 5.41) is 7.59. The van der Waals surface area contributed by atoms with Crippen LogP contribution in [-0.4, -0.2) is 58.9 Å². The average Bonchev–Trinajstić information content (AvgIpc) is 3.37. The van der Waals surface area contributed by atoms with Crippen LogP contribution in [0, 0.1) is 0 Å². The maximum absolute atomic E-state index is 12.3. The number of ether oxygens (including phenoxy) is 1. The highest BCUT2D eigenvalue weighted by atomic mass is 16.5. The van der Waals surface area contributed by atoms with E-state index in [0.717, 1.165) is 51.3 Å². The van der Waals surface area contributed by atoms with Crippen molar-refractivity contribution in [3.05, 3.63) is 47.8 Å². The molecule has 7 nitrogen and oxygen atoms in total. The zero-order valence-electron chi connectivity index (χ0n) is 15.8. The van der Waals surface area contributed by atoms with Crippen molar-refractivity contribution >= 4 is 6.03 Å². The molecule has 2 aliphatic heterocycles. The Morgan fingerprint density at radius 1 is 1.30 bits per heavy atom. The zero-order valence-corrected chi connectivity index (χ0v) is 15.8. The van der Waals surface area contributed by atoms with Crippen molar-refractivity contribution in [2.45, 2.75) is 32.0 Å². The summed E-state index contributed by atoms with van der Waals surface area (Å²) in [7, 11) is 1.69. The standard InChI is InChI=1S/C20H27N5O2/c1-27-19-6-4-5-16(11-19)13-23-14-17-7-8-22-25(17)18(15-23)12-21-20(26)24-9-2-3-10-24/h4-8,11,18H,2-3,9-10,12-15H2,1H3,(H,21,26)/t18-/m0/s1. The van der Waals surface area contributed by atoms with Gasteiger partial charge in [-0.05, 0) is 36.6 Å². The molecule has 2 aliphatic rings. The molecule has 1 aromatic carbocycles. The van der Waals surface area contributed by atoms with E-state index < -0.39 is 0 Å². The van der Waals surface area contributed by atoms with E-state index in [9.17, 15) is 4.79 Å². The first-order valence-corrected chi connectivity index (χ1v) is 9.63. The lowest BCUT2D eigenvalue weighted by Gasteiger charge is -2.34. The van der Waals surface area contributed by atoms with Crippen LogP contribution in [0.3, 0.4) is 0 Å². The van der Waals surface area contributed by atoms with Crippen LogP contribution in [0.4, 0.5) is 4.79 Å². The molecule has 27 heavy (non-hydrogen) atoms. The van der Waals surface area contributed by atoms with Crippen LogP contribution in [0.1, 0.15) is 30.1 Å². The topological polar surface area (TPSA) is 62.6 Å².